The SMILES string of the molecule is O=C(NCN1CCN(c2ccc(F)cc2)CC1)c1nc(I)c(Cl)nc1Cl. The summed E-state index contributed by atoms with van der Waals surface area (Å²) in [4.78, 5) is 24.5. The van der Waals surface area contributed by atoms with Gasteiger partial charge in [-0.25, -0.2) is 14.4 Å². The van der Waals surface area contributed by atoms with Crippen LogP contribution in [0.1, 0.15) is 10.5 Å². The Morgan fingerprint density at radius 1 is 1.12 bits per heavy atom. The predicted molar refractivity (Wildman–Crippen MR) is 107 cm³/mol. The summed E-state index contributed by atoms with van der Waals surface area (Å²) in [5.41, 5.74) is 1.05. The van der Waals surface area contributed by atoms with Gasteiger partial charge in [-0.3, -0.25) is 9.69 Å². The van der Waals surface area contributed by atoms with Gasteiger partial charge >= 0.3 is 0 Å². The van der Waals surface area contributed by atoms with E-state index in [9.17, 15) is 9.18 Å². The maximum absolute atomic E-state index is 13.0. The predicted octanol–water partition coefficient (Wildman–Crippen LogP) is 3.04. The van der Waals surface area contributed by atoms with E-state index in [1.807, 2.05) is 22.6 Å². The zero-order chi connectivity index (χ0) is 18.7. The van der Waals surface area contributed by atoms with Gasteiger partial charge in [0.25, 0.3) is 5.91 Å². The average Bonchev–Trinajstić information content (AvgIpc) is 2.64. The molecule has 1 saturated heterocycles. The van der Waals surface area contributed by atoms with Gasteiger partial charge in [0.15, 0.2) is 16.0 Å². The molecule has 26 heavy (non-hydrogen) atoms. The molecule has 0 bridgehead atoms. The standard InChI is InChI=1S/C16H15Cl2FIN5O/c17-13-12(22-15(20)14(18)23-13)16(26)21-9-24-5-7-25(8-6-24)11-3-1-10(19)2-4-11/h1-4H,5-9H2,(H,21,26). The fraction of sp³-hybridized carbons (Fsp3) is 0.312. The molecule has 1 aliphatic heterocycles. The molecule has 1 N–H and O–H groups in total. The van der Waals surface area contributed by atoms with Crippen molar-refractivity contribution in [1.82, 2.24) is 20.2 Å². The fourth-order valence-corrected chi connectivity index (χ4v) is 3.35. The van der Waals surface area contributed by atoms with Crippen LogP contribution in [0.2, 0.25) is 10.3 Å². The molecule has 0 aliphatic carbocycles. The van der Waals surface area contributed by atoms with Crippen LogP contribution in [0.15, 0.2) is 24.3 Å². The maximum atomic E-state index is 13.0. The van der Waals surface area contributed by atoms with Crippen LogP contribution >= 0.6 is 45.8 Å². The molecule has 1 amide bonds. The van der Waals surface area contributed by atoms with Crippen LogP contribution in [-0.2, 0) is 0 Å². The number of halogens is 4. The monoisotopic (exact) mass is 509 g/mol. The minimum Gasteiger partial charge on any atom is -0.369 e. The largest absolute Gasteiger partial charge is 0.369 e. The molecule has 10 heteroatoms. The fourth-order valence-electron chi connectivity index (χ4n) is 2.60. The highest BCUT2D eigenvalue weighted by atomic mass is 127. The lowest BCUT2D eigenvalue weighted by atomic mass is 10.2. The second-order valence-electron chi connectivity index (χ2n) is 5.69. The normalized spacial score (nSPS) is 15.2. The molecule has 3 rings (SSSR count). The highest BCUT2D eigenvalue weighted by Crippen LogP contribution is 2.20. The average molecular weight is 510 g/mol. The van der Waals surface area contributed by atoms with Crippen LogP contribution in [0.4, 0.5) is 10.1 Å². The third-order valence-electron chi connectivity index (χ3n) is 4.01. The van der Waals surface area contributed by atoms with Gasteiger partial charge < -0.3 is 10.2 Å². The Balaban J connectivity index is 1.51. The molecule has 1 aromatic heterocycles. The Morgan fingerprint density at radius 3 is 2.42 bits per heavy atom. The second kappa shape index (κ2) is 8.64. The van der Waals surface area contributed by atoms with Crippen molar-refractivity contribution in [2.45, 2.75) is 0 Å². The molecule has 2 heterocycles. The topological polar surface area (TPSA) is 61.4 Å². The third kappa shape index (κ3) is 4.73. The van der Waals surface area contributed by atoms with E-state index < -0.39 is 5.91 Å². The molecule has 0 spiro atoms. The number of benzene rings is 1. The Labute approximate surface area is 173 Å². The van der Waals surface area contributed by atoms with E-state index in [1.54, 1.807) is 12.1 Å². The molecular formula is C16H15Cl2FIN5O. The molecule has 6 nitrogen and oxygen atoms in total. The number of hydrogen-bond donors (Lipinski definition) is 1. The summed E-state index contributed by atoms with van der Waals surface area (Å²) in [6, 6.07) is 6.46. The quantitative estimate of drug-likeness (QED) is 0.642. The first-order valence-corrected chi connectivity index (χ1v) is 9.67. The Morgan fingerprint density at radius 2 is 1.77 bits per heavy atom. The van der Waals surface area contributed by atoms with Crippen LogP contribution in [0, 0.1) is 9.52 Å². The van der Waals surface area contributed by atoms with E-state index in [1.165, 1.54) is 12.1 Å². The molecule has 0 atom stereocenters. The summed E-state index contributed by atoms with van der Waals surface area (Å²) in [6.45, 7) is 3.51. The number of carbonyl (C=O) groups excluding carboxylic acids is 1. The zero-order valence-corrected chi connectivity index (χ0v) is 17.2. The van der Waals surface area contributed by atoms with Crippen LogP contribution in [0.25, 0.3) is 0 Å². The number of piperazine rings is 1. The number of nitrogens with zero attached hydrogens (tertiary/aromatic N) is 4. The molecule has 1 aliphatic rings. The number of anilines is 1. The summed E-state index contributed by atoms with van der Waals surface area (Å²) < 4.78 is 13.4. The van der Waals surface area contributed by atoms with Crippen molar-refractivity contribution in [1.29, 1.82) is 0 Å². The van der Waals surface area contributed by atoms with Crippen molar-refractivity contribution in [3.63, 3.8) is 0 Å². The van der Waals surface area contributed by atoms with E-state index in [4.69, 9.17) is 23.2 Å². The van der Waals surface area contributed by atoms with Crippen LogP contribution in [-0.4, -0.2) is 53.6 Å². The maximum Gasteiger partial charge on any atom is 0.274 e. The minimum atomic E-state index is -0.391. The van der Waals surface area contributed by atoms with E-state index in [2.05, 4.69) is 25.1 Å². The lowest BCUT2D eigenvalue weighted by Gasteiger charge is -2.36. The van der Waals surface area contributed by atoms with Crippen molar-refractivity contribution in [2.24, 2.45) is 0 Å². The molecule has 1 fully saturated rings. The highest BCUT2D eigenvalue weighted by Gasteiger charge is 2.20. The molecule has 138 valence electrons. The first-order valence-electron chi connectivity index (χ1n) is 7.83. The van der Waals surface area contributed by atoms with Gasteiger partial charge in [0.05, 0.1) is 6.67 Å². The number of carbonyl (C=O) groups is 1. The summed E-state index contributed by atoms with van der Waals surface area (Å²) in [7, 11) is 0. The molecule has 1 aromatic carbocycles. The number of rotatable bonds is 4. The van der Waals surface area contributed by atoms with Crippen LogP contribution in [0.5, 0.6) is 0 Å². The van der Waals surface area contributed by atoms with Crippen molar-refractivity contribution in [3.8, 4) is 0 Å². The summed E-state index contributed by atoms with van der Waals surface area (Å²) >= 11 is 13.7. The number of amides is 1. The van der Waals surface area contributed by atoms with E-state index in [0.717, 1.165) is 31.9 Å². The number of hydrogen-bond acceptors (Lipinski definition) is 5. The minimum absolute atomic E-state index is 0.0194. The smallest absolute Gasteiger partial charge is 0.274 e. The molecular weight excluding hydrogens is 495 g/mol. The summed E-state index contributed by atoms with van der Waals surface area (Å²) in [5, 5.41) is 2.95. The Kier molecular flexibility index (Phi) is 6.49. The van der Waals surface area contributed by atoms with Gasteiger partial charge in [0.1, 0.15) is 9.52 Å². The van der Waals surface area contributed by atoms with E-state index in [0.29, 0.717) is 10.4 Å². The number of nitrogens with one attached hydrogen (secondary N) is 1. The highest BCUT2D eigenvalue weighted by molar-refractivity contribution is 14.1. The first-order chi connectivity index (χ1) is 12.4. The molecule has 0 unspecified atom stereocenters. The molecule has 2 aromatic rings. The van der Waals surface area contributed by atoms with E-state index >= 15 is 0 Å². The van der Waals surface area contributed by atoms with E-state index in [-0.39, 0.29) is 21.8 Å². The Hall–Kier alpha value is -1.23. The third-order valence-corrected chi connectivity index (χ3v) is 5.61. The lowest BCUT2D eigenvalue weighted by Crippen LogP contribution is -2.50. The van der Waals surface area contributed by atoms with Gasteiger partial charge in [-0.1, -0.05) is 23.2 Å². The van der Waals surface area contributed by atoms with Crippen molar-refractivity contribution >= 4 is 57.4 Å². The van der Waals surface area contributed by atoms with Crippen molar-refractivity contribution in [2.75, 3.05) is 37.7 Å². The second-order valence-corrected chi connectivity index (χ2v) is 7.43. The van der Waals surface area contributed by atoms with Gasteiger partial charge in [-0.05, 0) is 46.9 Å². The Bertz CT molecular complexity index is 800. The van der Waals surface area contributed by atoms with Gasteiger partial charge in [-0.15, -0.1) is 0 Å². The van der Waals surface area contributed by atoms with Crippen LogP contribution < -0.4 is 10.2 Å². The van der Waals surface area contributed by atoms with Gasteiger partial charge in [0, 0.05) is 31.9 Å². The van der Waals surface area contributed by atoms with Crippen molar-refractivity contribution < 1.29 is 9.18 Å². The van der Waals surface area contributed by atoms with Gasteiger partial charge in [-0.2, -0.15) is 0 Å². The molecule has 0 radical (unpaired) electrons. The lowest BCUT2D eigenvalue weighted by molar-refractivity contribution is 0.0914. The van der Waals surface area contributed by atoms with Gasteiger partial charge in [0.2, 0.25) is 0 Å². The number of aromatic nitrogens is 2. The summed E-state index contributed by atoms with van der Waals surface area (Å²) in [6.07, 6.45) is 0. The molecule has 0 saturated carbocycles. The first kappa shape index (κ1) is 19.5. The van der Waals surface area contributed by atoms with Crippen molar-refractivity contribution in [3.05, 3.63) is 49.8 Å². The zero-order valence-electron chi connectivity index (χ0n) is 13.6. The van der Waals surface area contributed by atoms with Crippen LogP contribution in [0.3, 0.4) is 0 Å². The summed E-state index contributed by atoms with van der Waals surface area (Å²) in [5.74, 6) is -0.633.